The van der Waals surface area contributed by atoms with Gasteiger partial charge in [-0.15, -0.1) is 0 Å². The van der Waals surface area contributed by atoms with E-state index in [0.717, 1.165) is 29.0 Å². The quantitative estimate of drug-likeness (QED) is 0.866. The van der Waals surface area contributed by atoms with Crippen LogP contribution in [-0.4, -0.2) is 25.2 Å². The molecule has 1 heterocycles. The predicted octanol–water partition coefficient (Wildman–Crippen LogP) is 4.21. The van der Waals surface area contributed by atoms with Crippen molar-refractivity contribution in [3.05, 3.63) is 58.6 Å². The number of para-hydroxylation sites is 1. The third-order valence-electron chi connectivity index (χ3n) is 4.07. The first-order valence-electron chi connectivity index (χ1n) is 8.09. The van der Waals surface area contributed by atoms with Gasteiger partial charge in [0.25, 0.3) is 0 Å². The van der Waals surface area contributed by atoms with Crippen molar-refractivity contribution in [2.24, 2.45) is 0 Å². The number of hydrogen-bond acceptors (Lipinski definition) is 3. The van der Waals surface area contributed by atoms with E-state index in [9.17, 15) is 0 Å². The fourth-order valence-corrected chi connectivity index (χ4v) is 3.61. The van der Waals surface area contributed by atoms with E-state index in [1.165, 1.54) is 5.56 Å². The Labute approximate surface area is 146 Å². The van der Waals surface area contributed by atoms with Gasteiger partial charge >= 0.3 is 0 Å². The highest BCUT2D eigenvalue weighted by atomic mass is 79.9. The van der Waals surface area contributed by atoms with Crippen molar-refractivity contribution in [1.29, 1.82) is 0 Å². The lowest BCUT2D eigenvalue weighted by molar-refractivity contribution is 0.302. The van der Waals surface area contributed by atoms with Crippen molar-refractivity contribution >= 4 is 21.6 Å². The molecule has 0 aromatic heterocycles. The maximum atomic E-state index is 6.17. The fraction of sp³-hybridized carbons (Fsp3) is 0.368. The van der Waals surface area contributed by atoms with E-state index in [1.54, 1.807) is 0 Å². The van der Waals surface area contributed by atoms with Crippen LogP contribution in [-0.2, 0) is 6.61 Å². The summed E-state index contributed by atoms with van der Waals surface area (Å²) in [5.41, 5.74) is 2.34. The number of piperazine rings is 1. The molecule has 122 valence electrons. The molecule has 2 atom stereocenters. The van der Waals surface area contributed by atoms with Gasteiger partial charge in [-0.05, 0) is 47.5 Å². The average molecular weight is 375 g/mol. The second-order valence-electron chi connectivity index (χ2n) is 6.24. The van der Waals surface area contributed by atoms with E-state index in [-0.39, 0.29) is 0 Å². The number of ether oxygens (including phenoxy) is 1. The Kier molecular flexibility index (Phi) is 5.23. The van der Waals surface area contributed by atoms with Crippen molar-refractivity contribution in [3.8, 4) is 5.75 Å². The maximum absolute atomic E-state index is 6.17. The first-order valence-corrected chi connectivity index (χ1v) is 8.89. The van der Waals surface area contributed by atoms with E-state index < -0.39 is 0 Å². The lowest BCUT2D eigenvalue weighted by Gasteiger charge is -2.38. The smallest absolute Gasteiger partial charge is 0.157 e. The third kappa shape index (κ3) is 4.06. The van der Waals surface area contributed by atoms with Crippen LogP contribution in [0.2, 0.25) is 0 Å². The predicted molar refractivity (Wildman–Crippen MR) is 99.2 cm³/mol. The van der Waals surface area contributed by atoms with Crippen molar-refractivity contribution < 1.29 is 4.74 Å². The summed E-state index contributed by atoms with van der Waals surface area (Å²) < 4.78 is 7.17. The SMILES string of the molecule is C[C@@H]1CN(c2cccc(Br)c2OCc2ccccc2)C[C@H](C)N1. The van der Waals surface area contributed by atoms with Gasteiger partial charge in [-0.2, -0.15) is 0 Å². The average Bonchev–Trinajstić information content (AvgIpc) is 2.53. The lowest BCUT2D eigenvalue weighted by Crippen LogP contribution is -2.54. The summed E-state index contributed by atoms with van der Waals surface area (Å²) in [5, 5.41) is 3.58. The van der Waals surface area contributed by atoms with Crippen LogP contribution in [0.25, 0.3) is 0 Å². The third-order valence-corrected chi connectivity index (χ3v) is 4.69. The van der Waals surface area contributed by atoms with Gasteiger partial charge in [0.05, 0.1) is 10.2 Å². The Morgan fingerprint density at radius 1 is 1.04 bits per heavy atom. The molecule has 0 saturated carbocycles. The van der Waals surface area contributed by atoms with Crippen LogP contribution in [0, 0.1) is 0 Å². The van der Waals surface area contributed by atoms with Crippen LogP contribution in [0.3, 0.4) is 0 Å². The maximum Gasteiger partial charge on any atom is 0.157 e. The number of halogens is 1. The topological polar surface area (TPSA) is 24.5 Å². The summed E-state index contributed by atoms with van der Waals surface area (Å²) >= 11 is 3.65. The molecular weight excluding hydrogens is 352 g/mol. The van der Waals surface area contributed by atoms with Crippen LogP contribution in [0.5, 0.6) is 5.75 Å². The number of nitrogens with one attached hydrogen (secondary N) is 1. The van der Waals surface area contributed by atoms with Gasteiger partial charge in [0.15, 0.2) is 5.75 Å². The Hall–Kier alpha value is -1.52. The van der Waals surface area contributed by atoms with Gasteiger partial charge in [0, 0.05) is 25.2 Å². The van der Waals surface area contributed by atoms with Gasteiger partial charge in [-0.3, -0.25) is 0 Å². The Balaban J connectivity index is 1.82. The molecule has 0 aliphatic carbocycles. The Morgan fingerprint density at radius 3 is 2.43 bits per heavy atom. The highest BCUT2D eigenvalue weighted by Gasteiger charge is 2.24. The monoisotopic (exact) mass is 374 g/mol. The molecule has 0 bridgehead atoms. The zero-order chi connectivity index (χ0) is 16.2. The molecule has 1 aliphatic rings. The zero-order valence-electron chi connectivity index (χ0n) is 13.6. The normalized spacial score (nSPS) is 21.3. The molecule has 4 heteroatoms. The first-order chi connectivity index (χ1) is 11.1. The number of benzene rings is 2. The minimum Gasteiger partial charge on any atom is -0.486 e. The second kappa shape index (κ2) is 7.37. The number of anilines is 1. The van der Waals surface area contributed by atoms with Crippen molar-refractivity contribution in [2.75, 3.05) is 18.0 Å². The van der Waals surface area contributed by atoms with E-state index in [2.05, 4.69) is 64.3 Å². The van der Waals surface area contributed by atoms with Crippen LogP contribution in [0.4, 0.5) is 5.69 Å². The molecule has 0 radical (unpaired) electrons. The number of hydrogen-bond donors (Lipinski definition) is 1. The van der Waals surface area contributed by atoms with Crippen LogP contribution in [0.15, 0.2) is 53.0 Å². The standard InChI is InChI=1S/C19H23BrN2O/c1-14-11-22(12-15(2)21-14)18-10-6-9-17(20)19(18)23-13-16-7-4-3-5-8-16/h3-10,14-15,21H,11-13H2,1-2H3/t14-,15+. The Morgan fingerprint density at radius 2 is 1.74 bits per heavy atom. The molecule has 2 aromatic carbocycles. The summed E-state index contributed by atoms with van der Waals surface area (Å²) in [5.74, 6) is 0.928. The molecule has 23 heavy (non-hydrogen) atoms. The van der Waals surface area contributed by atoms with E-state index in [1.807, 2.05) is 24.3 Å². The number of rotatable bonds is 4. The number of nitrogens with zero attached hydrogens (tertiary/aromatic N) is 1. The summed E-state index contributed by atoms with van der Waals surface area (Å²) in [4.78, 5) is 2.41. The largest absolute Gasteiger partial charge is 0.486 e. The molecule has 0 amide bonds. The molecule has 0 unspecified atom stereocenters. The highest BCUT2D eigenvalue weighted by Crippen LogP contribution is 2.37. The first kappa shape index (κ1) is 16.3. The van der Waals surface area contributed by atoms with Gasteiger partial charge in [-0.1, -0.05) is 36.4 Å². The van der Waals surface area contributed by atoms with E-state index >= 15 is 0 Å². The van der Waals surface area contributed by atoms with Crippen LogP contribution < -0.4 is 15.0 Å². The molecular formula is C19H23BrN2O. The molecule has 2 aromatic rings. The highest BCUT2D eigenvalue weighted by molar-refractivity contribution is 9.10. The van der Waals surface area contributed by atoms with Gasteiger partial charge in [0.1, 0.15) is 6.61 Å². The zero-order valence-corrected chi connectivity index (χ0v) is 15.2. The summed E-state index contributed by atoms with van der Waals surface area (Å²) in [6.07, 6.45) is 0. The fourth-order valence-electron chi connectivity index (χ4n) is 3.14. The van der Waals surface area contributed by atoms with E-state index in [0.29, 0.717) is 18.7 Å². The molecule has 1 saturated heterocycles. The molecule has 1 fully saturated rings. The molecule has 3 nitrogen and oxygen atoms in total. The molecule has 0 spiro atoms. The van der Waals surface area contributed by atoms with Crippen LogP contribution in [0.1, 0.15) is 19.4 Å². The molecule has 3 rings (SSSR count). The summed E-state index contributed by atoms with van der Waals surface area (Å²) in [6, 6.07) is 17.5. The molecule has 1 N–H and O–H groups in total. The minimum absolute atomic E-state index is 0.472. The van der Waals surface area contributed by atoms with Crippen LogP contribution >= 0.6 is 15.9 Å². The van der Waals surface area contributed by atoms with Gasteiger partial charge in [-0.25, -0.2) is 0 Å². The van der Waals surface area contributed by atoms with Gasteiger partial charge < -0.3 is 15.0 Å². The minimum atomic E-state index is 0.472. The van der Waals surface area contributed by atoms with Gasteiger partial charge in [0.2, 0.25) is 0 Å². The lowest BCUT2D eigenvalue weighted by atomic mass is 10.1. The Bertz CT molecular complexity index is 637. The van der Waals surface area contributed by atoms with Crippen molar-refractivity contribution in [1.82, 2.24) is 5.32 Å². The summed E-state index contributed by atoms with van der Waals surface area (Å²) in [6.45, 7) is 7.01. The van der Waals surface area contributed by atoms with Crippen molar-refractivity contribution in [2.45, 2.75) is 32.5 Å². The molecule has 1 aliphatic heterocycles. The summed E-state index contributed by atoms with van der Waals surface area (Å²) in [7, 11) is 0. The second-order valence-corrected chi connectivity index (χ2v) is 7.09. The van der Waals surface area contributed by atoms with Crippen molar-refractivity contribution in [3.63, 3.8) is 0 Å². The van der Waals surface area contributed by atoms with E-state index in [4.69, 9.17) is 4.74 Å².